The quantitative estimate of drug-likeness (QED) is 0.292. The molecule has 0 saturated heterocycles. The first kappa shape index (κ1) is 25.4. The molecule has 0 radical (unpaired) electrons. The maximum Gasteiger partial charge on any atom is 1.00 e. The third kappa shape index (κ3) is 7.28. The number of nitrogens with one attached hydrogen (secondary N) is 1. The van der Waals surface area contributed by atoms with Crippen LogP contribution in [0, 0.1) is 11.3 Å². The zero-order chi connectivity index (χ0) is 18.9. The zero-order valence-electron chi connectivity index (χ0n) is 14.5. The molecule has 4 amide bonds. The van der Waals surface area contributed by atoms with Gasteiger partial charge in [-0.05, 0) is 18.8 Å². The monoisotopic (exact) mass is 366 g/mol. The number of carboxylic acid groups (broad SMARTS) is 2. The number of azo groups is 1. The van der Waals surface area contributed by atoms with E-state index >= 15 is 0 Å². The minimum absolute atomic E-state index is 0. The first-order valence-corrected chi connectivity index (χ1v) is 7.10. The van der Waals surface area contributed by atoms with Crippen molar-refractivity contribution in [1.82, 2.24) is 5.32 Å². The summed E-state index contributed by atoms with van der Waals surface area (Å²) in [7, 11) is 0. The number of carbonyl (C=O) groups is 4. The van der Waals surface area contributed by atoms with Gasteiger partial charge in [0.25, 0.3) is 5.91 Å². The van der Waals surface area contributed by atoms with Crippen molar-refractivity contribution in [2.45, 2.75) is 40.0 Å². The summed E-state index contributed by atoms with van der Waals surface area (Å²) in [5, 5.41) is 32.9. The van der Waals surface area contributed by atoms with Gasteiger partial charge in [0.15, 0.2) is 0 Å². The average molecular weight is 366 g/mol. The fourth-order valence-electron chi connectivity index (χ4n) is 2.39. The van der Waals surface area contributed by atoms with Gasteiger partial charge < -0.3 is 20.6 Å². The average Bonchev–Trinajstić information content (AvgIpc) is 2.46. The largest absolute Gasteiger partial charge is 1.00 e. The molecule has 3 N–H and O–H groups in total. The minimum atomic E-state index is -1.62. The Kier molecular flexibility index (Phi) is 11.8. The maximum atomic E-state index is 11.9. The van der Waals surface area contributed by atoms with Crippen molar-refractivity contribution in [3.05, 3.63) is 0 Å². The van der Waals surface area contributed by atoms with Crippen molar-refractivity contribution in [2.75, 3.05) is 0 Å². The Hall–Kier alpha value is -1.85. The molecule has 12 heteroatoms. The summed E-state index contributed by atoms with van der Waals surface area (Å²) in [6.07, 6.45) is -1.22. The van der Waals surface area contributed by atoms with Crippen LogP contribution in [0.4, 0.5) is 9.59 Å². The van der Waals surface area contributed by atoms with Crippen LogP contribution in [-0.4, -0.2) is 40.2 Å². The van der Waals surface area contributed by atoms with Crippen LogP contribution in [0.25, 0.3) is 0 Å². The smallest absolute Gasteiger partial charge is 0.846 e. The SMILES string of the molecule is CCCC(C)C1(CC)C(=O)N=C([O-])NC1=O.O=C(O)/N=N/C(=O)O.[Na+]. The molecule has 1 rings (SSSR count). The summed E-state index contributed by atoms with van der Waals surface area (Å²) in [5.41, 5.74) is -1.15. The number of nitrogens with zero attached hydrogens (tertiary/aromatic N) is 3. The first-order chi connectivity index (χ1) is 11.1. The molecule has 2 atom stereocenters. The fourth-order valence-corrected chi connectivity index (χ4v) is 2.39. The molecular weight excluding hydrogens is 347 g/mol. The van der Waals surface area contributed by atoms with E-state index in [-0.39, 0.29) is 35.5 Å². The minimum Gasteiger partial charge on any atom is -0.846 e. The Morgan fingerprint density at radius 3 is 2.04 bits per heavy atom. The molecule has 0 aliphatic carbocycles. The van der Waals surface area contributed by atoms with E-state index in [1.807, 2.05) is 13.8 Å². The number of amides is 4. The molecule has 1 heterocycles. The molecule has 134 valence electrons. The van der Waals surface area contributed by atoms with E-state index in [1.165, 1.54) is 0 Å². The number of hydrogen-bond acceptors (Lipinski definition) is 5. The number of carbonyl (C=O) groups excluding carboxylic acids is 2. The van der Waals surface area contributed by atoms with Crippen LogP contribution in [-0.2, 0) is 9.59 Å². The van der Waals surface area contributed by atoms with Gasteiger partial charge in [0.05, 0.1) is 6.02 Å². The summed E-state index contributed by atoms with van der Waals surface area (Å²) >= 11 is 0. The van der Waals surface area contributed by atoms with Crippen molar-refractivity contribution >= 4 is 30.0 Å². The van der Waals surface area contributed by atoms with Crippen LogP contribution in [0.5, 0.6) is 0 Å². The molecule has 0 fully saturated rings. The van der Waals surface area contributed by atoms with Gasteiger partial charge in [-0.2, -0.15) is 0 Å². The number of rotatable bonds is 4. The second kappa shape index (κ2) is 11.7. The molecule has 0 bridgehead atoms. The Bertz CT molecular complexity index is 563. The van der Waals surface area contributed by atoms with Gasteiger partial charge in [0.1, 0.15) is 5.41 Å². The van der Waals surface area contributed by atoms with E-state index in [1.54, 1.807) is 6.92 Å². The first-order valence-electron chi connectivity index (χ1n) is 7.10. The van der Waals surface area contributed by atoms with Gasteiger partial charge in [-0.15, -0.1) is 0 Å². The molecule has 1 aliphatic rings. The summed E-state index contributed by atoms with van der Waals surface area (Å²) in [4.78, 5) is 45.8. The summed E-state index contributed by atoms with van der Waals surface area (Å²) in [6.45, 7) is 5.62. The summed E-state index contributed by atoms with van der Waals surface area (Å²) < 4.78 is 0. The van der Waals surface area contributed by atoms with Crippen LogP contribution >= 0.6 is 0 Å². The van der Waals surface area contributed by atoms with Crippen molar-refractivity contribution < 1.29 is 64.1 Å². The Labute approximate surface area is 165 Å². The summed E-state index contributed by atoms with van der Waals surface area (Å²) in [5.74, 6) is -1.20. The van der Waals surface area contributed by atoms with E-state index in [0.717, 1.165) is 12.8 Å². The molecular formula is C13H19N4NaO7. The Morgan fingerprint density at radius 1 is 1.24 bits per heavy atom. The third-order valence-corrected chi connectivity index (χ3v) is 3.55. The van der Waals surface area contributed by atoms with E-state index in [4.69, 9.17) is 10.2 Å². The molecule has 0 aromatic heterocycles. The second-order valence-electron chi connectivity index (χ2n) is 4.96. The van der Waals surface area contributed by atoms with Gasteiger partial charge in [0, 0.05) is 0 Å². The molecule has 25 heavy (non-hydrogen) atoms. The molecule has 0 aromatic carbocycles. The predicted molar refractivity (Wildman–Crippen MR) is 78.3 cm³/mol. The number of amidine groups is 1. The third-order valence-electron chi connectivity index (χ3n) is 3.55. The molecule has 0 spiro atoms. The van der Waals surface area contributed by atoms with E-state index in [9.17, 15) is 24.3 Å². The van der Waals surface area contributed by atoms with Crippen molar-refractivity contribution in [3.63, 3.8) is 0 Å². The van der Waals surface area contributed by atoms with Crippen LogP contribution in [0.1, 0.15) is 40.0 Å². The molecule has 0 saturated carbocycles. The Balaban J connectivity index is 0. The molecule has 11 nitrogen and oxygen atoms in total. The van der Waals surface area contributed by atoms with E-state index in [2.05, 4.69) is 20.5 Å². The maximum absolute atomic E-state index is 11.9. The second-order valence-corrected chi connectivity index (χ2v) is 4.96. The van der Waals surface area contributed by atoms with Crippen LogP contribution < -0.4 is 40.0 Å². The summed E-state index contributed by atoms with van der Waals surface area (Å²) in [6, 6.07) is -0.845. The van der Waals surface area contributed by atoms with Crippen molar-refractivity contribution in [1.29, 1.82) is 0 Å². The van der Waals surface area contributed by atoms with Crippen molar-refractivity contribution in [3.8, 4) is 0 Å². The predicted octanol–water partition coefficient (Wildman–Crippen LogP) is -2.01. The van der Waals surface area contributed by atoms with Gasteiger partial charge in [0.2, 0.25) is 5.91 Å². The zero-order valence-corrected chi connectivity index (χ0v) is 16.5. The van der Waals surface area contributed by atoms with Crippen molar-refractivity contribution in [2.24, 2.45) is 26.6 Å². The standard InChI is InChI=1S/C11H18N2O3.C2H2N2O4.Na/c1-4-6-7(3)11(5-2)8(14)12-10(16)13-9(11)15;5-1(6)3-4-2(7)8;/h7H,4-6H2,1-3H3,(H2,12,13,14,15,16);(H,5,6)(H,7,8);/q;;+1/p-1/b;4-3+;. The Morgan fingerprint density at radius 2 is 1.72 bits per heavy atom. The van der Waals surface area contributed by atoms with Gasteiger partial charge in [-0.3, -0.25) is 9.59 Å². The van der Waals surface area contributed by atoms with Crippen LogP contribution in [0.15, 0.2) is 15.2 Å². The van der Waals surface area contributed by atoms with E-state index in [0.29, 0.717) is 6.42 Å². The topological polar surface area (TPSA) is 181 Å². The molecule has 2 unspecified atom stereocenters. The van der Waals surface area contributed by atoms with Crippen LogP contribution in [0.3, 0.4) is 0 Å². The number of aliphatic imine (C=N–C) groups is 1. The van der Waals surface area contributed by atoms with Crippen LogP contribution in [0.2, 0.25) is 0 Å². The fraction of sp³-hybridized carbons (Fsp3) is 0.615. The molecule has 1 aliphatic heterocycles. The van der Waals surface area contributed by atoms with E-state index < -0.39 is 35.4 Å². The number of hydrogen-bond donors (Lipinski definition) is 3. The molecule has 0 aromatic rings. The van der Waals surface area contributed by atoms with Gasteiger partial charge in [-0.1, -0.05) is 37.4 Å². The van der Waals surface area contributed by atoms with Gasteiger partial charge in [-0.25, -0.2) is 14.6 Å². The normalized spacial score (nSPS) is 20.5. The van der Waals surface area contributed by atoms with Gasteiger partial charge >= 0.3 is 41.7 Å².